The predicted molar refractivity (Wildman–Crippen MR) is 94.1 cm³/mol. The number of aromatic nitrogens is 2. The molecule has 114 valence electrons. The average molecular weight is 301 g/mol. The minimum Gasteiger partial charge on any atom is -0.276 e. The van der Waals surface area contributed by atoms with E-state index in [1.807, 2.05) is 18.2 Å². The van der Waals surface area contributed by atoms with Crippen LogP contribution >= 0.6 is 0 Å². The van der Waals surface area contributed by atoms with Crippen molar-refractivity contribution < 1.29 is 0 Å². The lowest BCUT2D eigenvalue weighted by molar-refractivity contribution is 0.513. The van der Waals surface area contributed by atoms with E-state index in [4.69, 9.17) is 4.99 Å². The Morgan fingerprint density at radius 3 is 2.65 bits per heavy atom. The van der Waals surface area contributed by atoms with Crippen LogP contribution in [0.3, 0.4) is 0 Å². The first-order chi connectivity index (χ1) is 11.0. The van der Waals surface area contributed by atoms with Crippen molar-refractivity contribution in [1.29, 1.82) is 0 Å². The van der Waals surface area contributed by atoms with Crippen molar-refractivity contribution in [2.45, 2.75) is 32.7 Å². The summed E-state index contributed by atoms with van der Waals surface area (Å²) >= 11 is 0. The van der Waals surface area contributed by atoms with Crippen molar-refractivity contribution in [3.8, 4) is 0 Å². The molecule has 23 heavy (non-hydrogen) atoms. The molecular formula is C20H19N3. The number of aryl methyl sites for hydroxylation is 1. The van der Waals surface area contributed by atoms with Crippen molar-refractivity contribution in [1.82, 2.24) is 10.2 Å². The number of aliphatic imine (C=N–C) groups is 1. The SMILES string of the molecule is Cc1ccc2c(c1)CC(C)(C)N=C2c1cc2ccccc2nn1. The summed E-state index contributed by atoms with van der Waals surface area (Å²) in [4.78, 5) is 4.98. The Morgan fingerprint density at radius 2 is 1.78 bits per heavy atom. The Morgan fingerprint density at radius 1 is 0.957 bits per heavy atom. The van der Waals surface area contributed by atoms with Gasteiger partial charge in [-0.3, -0.25) is 4.99 Å². The van der Waals surface area contributed by atoms with E-state index in [1.54, 1.807) is 0 Å². The van der Waals surface area contributed by atoms with Crippen LogP contribution in [0.25, 0.3) is 10.9 Å². The summed E-state index contributed by atoms with van der Waals surface area (Å²) in [6, 6.07) is 16.7. The molecule has 0 atom stereocenters. The van der Waals surface area contributed by atoms with E-state index in [0.29, 0.717) is 0 Å². The zero-order chi connectivity index (χ0) is 16.0. The van der Waals surface area contributed by atoms with Crippen molar-refractivity contribution in [3.05, 3.63) is 70.9 Å². The van der Waals surface area contributed by atoms with E-state index < -0.39 is 0 Å². The van der Waals surface area contributed by atoms with Gasteiger partial charge in [-0.1, -0.05) is 42.0 Å². The predicted octanol–water partition coefficient (Wildman–Crippen LogP) is 4.11. The van der Waals surface area contributed by atoms with E-state index in [9.17, 15) is 0 Å². The van der Waals surface area contributed by atoms with Crippen LogP contribution in [0.4, 0.5) is 0 Å². The van der Waals surface area contributed by atoms with Crippen LogP contribution < -0.4 is 0 Å². The van der Waals surface area contributed by atoms with E-state index in [0.717, 1.165) is 28.7 Å². The van der Waals surface area contributed by atoms with Gasteiger partial charge in [-0.25, -0.2) is 0 Å². The normalized spacial score (nSPS) is 16.0. The van der Waals surface area contributed by atoms with Crippen molar-refractivity contribution in [2.75, 3.05) is 0 Å². The number of hydrogen-bond donors (Lipinski definition) is 0. The summed E-state index contributed by atoms with van der Waals surface area (Å²) in [6.45, 7) is 6.48. The second-order valence-corrected chi connectivity index (χ2v) is 6.90. The molecule has 4 rings (SSSR count). The van der Waals surface area contributed by atoms with Crippen LogP contribution in [-0.4, -0.2) is 21.4 Å². The molecule has 0 radical (unpaired) electrons. The first-order valence-corrected chi connectivity index (χ1v) is 7.94. The van der Waals surface area contributed by atoms with E-state index in [1.165, 1.54) is 16.7 Å². The molecule has 0 aliphatic carbocycles. The third kappa shape index (κ3) is 2.52. The molecule has 0 N–H and O–H groups in total. The van der Waals surface area contributed by atoms with Gasteiger partial charge in [0.2, 0.25) is 0 Å². The minimum absolute atomic E-state index is 0.122. The highest BCUT2D eigenvalue weighted by Crippen LogP contribution is 2.30. The second-order valence-electron chi connectivity index (χ2n) is 6.90. The maximum absolute atomic E-state index is 4.98. The first-order valence-electron chi connectivity index (χ1n) is 7.94. The molecule has 3 heteroatoms. The van der Waals surface area contributed by atoms with Gasteiger partial charge in [0.05, 0.1) is 16.8 Å². The fourth-order valence-electron chi connectivity index (χ4n) is 3.26. The van der Waals surface area contributed by atoms with Gasteiger partial charge in [0.15, 0.2) is 0 Å². The van der Waals surface area contributed by atoms with Gasteiger partial charge in [-0.05, 0) is 44.9 Å². The van der Waals surface area contributed by atoms with E-state index in [2.05, 4.69) is 61.3 Å². The highest BCUT2D eigenvalue weighted by molar-refractivity contribution is 6.14. The average Bonchev–Trinajstić information content (AvgIpc) is 2.52. The molecule has 0 amide bonds. The third-order valence-corrected chi connectivity index (χ3v) is 4.29. The van der Waals surface area contributed by atoms with Crippen LogP contribution in [-0.2, 0) is 6.42 Å². The third-order valence-electron chi connectivity index (χ3n) is 4.29. The fourth-order valence-corrected chi connectivity index (χ4v) is 3.26. The topological polar surface area (TPSA) is 38.1 Å². The number of nitrogens with zero attached hydrogens (tertiary/aromatic N) is 3. The molecule has 1 aromatic heterocycles. The summed E-state index contributed by atoms with van der Waals surface area (Å²) < 4.78 is 0. The fraction of sp³-hybridized carbons (Fsp3) is 0.250. The van der Waals surface area contributed by atoms with Gasteiger partial charge in [-0.2, -0.15) is 0 Å². The lowest BCUT2D eigenvalue weighted by Crippen LogP contribution is -2.30. The monoisotopic (exact) mass is 301 g/mol. The zero-order valence-electron chi connectivity index (χ0n) is 13.7. The van der Waals surface area contributed by atoms with Gasteiger partial charge in [-0.15, -0.1) is 10.2 Å². The highest BCUT2D eigenvalue weighted by atomic mass is 15.1. The van der Waals surface area contributed by atoms with Gasteiger partial charge in [0.1, 0.15) is 5.69 Å². The maximum Gasteiger partial charge on any atom is 0.112 e. The Balaban J connectivity index is 1.93. The minimum atomic E-state index is -0.122. The van der Waals surface area contributed by atoms with Crippen molar-refractivity contribution in [2.24, 2.45) is 4.99 Å². The molecule has 0 bridgehead atoms. The second kappa shape index (κ2) is 4.98. The van der Waals surface area contributed by atoms with Crippen LogP contribution in [0.1, 0.15) is 36.2 Å². The lowest BCUT2D eigenvalue weighted by atomic mass is 9.85. The van der Waals surface area contributed by atoms with E-state index >= 15 is 0 Å². The quantitative estimate of drug-likeness (QED) is 0.678. The van der Waals surface area contributed by atoms with Crippen LogP contribution in [0.2, 0.25) is 0 Å². The summed E-state index contributed by atoms with van der Waals surface area (Å²) in [5.74, 6) is 0. The summed E-state index contributed by atoms with van der Waals surface area (Å²) in [6.07, 6.45) is 0.953. The molecule has 0 unspecified atom stereocenters. The number of fused-ring (bicyclic) bond motifs is 2. The molecule has 1 aliphatic heterocycles. The summed E-state index contributed by atoms with van der Waals surface area (Å²) in [7, 11) is 0. The van der Waals surface area contributed by atoms with Gasteiger partial charge in [0, 0.05) is 10.9 Å². The zero-order valence-corrected chi connectivity index (χ0v) is 13.7. The van der Waals surface area contributed by atoms with Gasteiger partial charge >= 0.3 is 0 Å². The molecule has 3 aromatic rings. The molecule has 0 fully saturated rings. The first kappa shape index (κ1) is 14.1. The van der Waals surface area contributed by atoms with Crippen LogP contribution in [0.15, 0.2) is 53.5 Å². The largest absolute Gasteiger partial charge is 0.276 e. The molecule has 0 saturated carbocycles. The lowest BCUT2D eigenvalue weighted by Gasteiger charge is -2.29. The highest BCUT2D eigenvalue weighted by Gasteiger charge is 2.28. The molecule has 0 spiro atoms. The Labute approximate surface area is 136 Å². The van der Waals surface area contributed by atoms with Crippen molar-refractivity contribution >= 4 is 16.6 Å². The summed E-state index contributed by atoms with van der Waals surface area (Å²) in [5.41, 5.74) is 6.40. The molecule has 2 aromatic carbocycles. The van der Waals surface area contributed by atoms with Crippen LogP contribution in [0.5, 0.6) is 0 Å². The maximum atomic E-state index is 4.98. The van der Waals surface area contributed by atoms with E-state index in [-0.39, 0.29) is 5.54 Å². The standard InChI is InChI=1S/C20H19N3/c1-13-8-9-16-15(10-13)12-20(2,3)21-19(16)18-11-14-6-4-5-7-17(14)22-23-18/h4-11H,12H2,1-3H3. The molecule has 0 saturated heterocycles. The Kier molecular flexibility index (Phi) is 3.05. The number of rotatable bonds is 1. The Hall–Kier alpha value is -2.55. The molecule has 3 nitrogen and oxygen atoms in total. The number of benzene rings is 2. The molecule has 2 heterocycles. The van der Waals surface area contributed by atoms with Gasteiger partial charge < -0.3 is 0 Å². The molecular weight excluding hydrogens is 282 g/mol. The Bertz CT molecular complexity index is 939. The number of hydrogen-bond acceptors (Lipinski definition) is 3. The smallest absolute Gasteiger partial charge is 0.112 e. The van der Waals surface area contributed by atoms with Crippen LogP contribution in [0, 0.1) is 6.92 Å². The molecule has 1 aliphatic rings. The van der Waals surface area contributed by atoms with Gasteiger partial charge in [0.25, 0.3) is 0 Å². The summed E-state index contributed by atoms with van der Waals surface area (Å²) in [5, 5.41) is 9.90. The van der Waals surface area contributed by atoms with Crippen molar-refractivity contribution in [3.63, 3.8) is 0 Å².